The van der Waals surface area contributed by atoms with Crippen LogP contribution in [0.25, 0.3) is 21.8 Å². The lowest BCUT2D eigenvalue weighted by Gasteiger charge is -2.08. The number of para-hydroxylation sites is 1. The molecule has 0 spiro atoms. The van der Waals surface area contributed by atoms with Crippen molar-refractivity contribution in [3.05, 3.63) is 83.9 Å². The van der Waals surface area contributed by atoms with Crippen LogP contribution in [0.5, 0.6) is 0 Å². The second-order valence-corrected chi connectivity index (χ2v) is 6.91. The van der Waals surface area contributed by atoms with Gasteiger partial charge in [-0.3, -0.25) is 4.79 Å². The van der Waals surface area contributed by atoms with Crippen LogP contribution in [0.3, 0.4) is 0 Å². The molecule has 28 heavy (non-hydrogen) atoms. The Hall–Kier alpha value is -3.11. The number of nitrogens with zero attached hydrogens (tertiary/aromatic N) is 1. The number of benzene rings is 3. The summed E-state index contributed by atoms with van der Waals surface area (Å²) >= 11 is 0. The van der Waals surface area contributed by atoms with E-state index >= 15 is 0 Å². The van der Waals surface area contributed by atoms with Gasteiger partial charge >= 0.3 is 0 Å². The molecular formula is C24H25N3O. The van der Waals surface area contributed by atoms with Crippen molar-refractivity contribution in [1.29, 1.82) is 0 Å². The Morgan fingerprint density at radius 1 is 0.857 bits per heavy atom. The number of nitrogens with one attached hydrogen (secondary N) is 2. The Kier molecular flexibility index (Phi) is 5.40. The molecule has 0 bridgehead atoms. The van der Waals surface area contributed by atoms with E-state index in [2.05, 4.69) is 64.6 Å². The molecule has 0 saturated carbocycles. The van der Waals surface area contributed by atoms with Gasteiger partial charge < -0.3 is 15.2 Å². The molecule has 0 fully saturated rings. The molecular weight excluding hydrogens is 346 g/mol. The normalized spacial score (nSPS) is 11.2. The third kappa shape index (κ3) is 3.64. The summed E-state index contributed by atoms with van der Waals surface area (Å²) in [6.45, 7) is 5.26. The van der Waals surface area contributed by atoms with Gasteiger partial charge in [0.25, 0.3) is 5.91 Å². The maximum Gasteiger partial charge on any atom is 0.251 e. The monoisotopic (exact) mass is 371 g/mol. The molecule has 4 rings (SSSR count). The second-order valence-electron chi connectivity index (χ2n) is 6.91. The molecule has 4 heteroatoms. The van der Waals surface area contributed by atoms with E-state index in [0.29, 0.717) is 12.1 Å². The van der Waals surface area contributed by atoms with Crippen molar-refractivity contribution in [2.24, 2.45) is 0 Å². The molecule has 4 aromatic rings. The number of rotatable bonds is 7. The average molecular weight is 371 g/mol. The standard InChI is InChI=1S/C24H25N3O/c1-2-27-22-11-7-6-10-20(22)21-16-18(12-13-23(21)27)17-25-14-15-26-24(28)19-8-4-3-5-9-19/h3-13,16,25H,2,14-15,17H2,1H3,(H,26,28). The zero-order valence-corrected chi connectivity index (χ0v) is 16.1. The third-order valence-electron chi connectivity index (χ3n) is 5.11. The largest absolute Gasteiger partial charge is 0.351 e. The smallest absolute Gasteiger partial charge is 0.251 e. The van der Waals surface area contributed by atoms with Gasteiger partial charge in [0.1, 0.15) is 0 Å². The zero-order chi connectivity index (χ0) is 19.3. The van der Waals surface area contributed by atoms with Crippen LogP contribution in [0.1, 0.15) is 22.8 Å². The minimum Gasteiger partial charge on any atom is -0.351 e. The van der Waals surface area contributed by atoms with Gasteiger partial charge in [-0.15, -0.1) is 0 Å². The van der Waals surface area contributed by atoms with E-state index in [-0.39, 0.29) is 5.91 Å². The Morgan fingerprint density at radius 3 is 2.43 bits per heavy atom. The molecule has 0 unspecified atom stereocenters. The predicted octanol–water partition coefficient (Wildman–Crippen LogP) is 4.33. The lowest BCUT2D eigenvalue weighted by atomic mass is 10.1. The number of carbonyl (C=O) groups excluding carboxylic acids is 1. The van der Waals surface area contributed by atoms with Gasteiger partial charge in [0, 0.05) is 53.5 Å². The van der Waals surface area contributed by atoms with Crippen LogP contribution < -0.4 is 10.6 Å². The number of hydrogen-bond donors (Lipinski definition) is 2. The Morgan fingerprint density at radius 2 is 1.61 bits per heavy atom. The fraction of sp³-hybridized carbons (Fsp3) is 0.208. The maximum atomic E-state index is 12.0. The van der Waals surface area contributed by atoms with E-state index in [9.17, 15) is 4.79 Å². The zero-order valence-electron chi connectivity index (χ0n) is 16.1. The van der Waals surface area contributed by atoms with Crippen molar-refractivity contribution in [2.45, 2.75) is 20.0 Å². The lowest BCUT2D eigenvalue weighted by Crippen LogP contribution is -2.31. The number of amides is 1. The van der Waals surface area contributed by atoms with Gasteiger partial charge in [0.15, 0.2) is 0 Å². The summed E-state index contributed by atoms with van der Waals surface area (Å²) in [5, 5.41) is 8.97. The SMILES string of the molecule is CCn1c2ccccc2c2cc(CNCCNC(=O)c3ccccc3)ccc21. The molecule has 2 N–H and O–H groups in total. The molecule has 0 atom stereocenters. The maximum absolute atomic E-state index is 12.0. The molecule has 0 aliphatic heterocycles. The van der Waals surface area contributed by atoms with Crippen LogP contribution in [0, 0.1) is 0 Å². The first-order valence-corrected chi connectivity index (χ1v) is 9.81. The average Bonchev–Trinajstić information content (AvgIpc) is 3.07. The third-order valence-corrected chi connectivity index (χ3v) is 5.11. The molecule has 3 aromatic carbocycles. The van der Waals surface area contributed by atoms with Crippen LogP contribution in [-0.4, -0.2) is 23.6 Å². The number of aromatic nitrogens is 1. The topological polar surface area (TPSA) is 46.1 Å². The molecule has 0 saturated heterocycles. The first-order valence-electron chi connectivity index (χ1n) is 9.81. The molecule has 0 aliphatic carbocycles. The summed E-state index contributed by atoms with van der Waals surface area (Å²) in [7, 11) is 0. The van der Waals surface area contributed by atoms with E-state index in [1.807, 2.05) is 30.3 Å². The van der Waals surface area contributed by atoms with E-state index in [1.165, 1.54) is 27.4 Å². The predicted molar refractivity (Wildman–Crippen MR) is 116 cm³/mol. The number of carbonyl (C=O) groups is 1. The van der Waals surface area contributed by atoms with Crippen LogP contribution in [0.15, 0.2) is 72.8 Å². The van der Waals surface area contributed by atoms with E-state index < -0.39 is 0 Å². The van der Waals surface area contributed by atoms with Crippen LogP contribution in [0.4, 0.5) is 0 Å². The van der Waals surface area contributed by atoms with E-state index in [4.69, 9.17) is 0 Å². The van der Waals surface area contributed by atoms with Gasteiger partial charge in [0.2, 0.25) is 0 Å². The Bertz CT molecular complexity index is 1100. The summed E-state index contributed by atoms with van der Waals surface area (Å²) in [4.78, 5) is 12.0. The van der Waals surface area contributed by atoms with Crippen LogP contribution in [0.2, 0.25) is 0 Å². The summed E-state index contributed by atoms with van der Waals surface area (Å²) in [6.07, 6.45) is 0. The van der Waals surface area contributed by atoms with Gasteiger partial charge in [-0.05, 0) is 42.8 Å². The van der Waals surface area contributed by atoms with Crippen molar-refractivity contribution >= 4 is 27.7 Å². The van der Waals surface area contributed by atoms with E-state index in [0.717, 1.165) is 19.6 Å². The summed E-state index contributed by atoms with van der Waals surface area (Å²) < 4.78 is 2.36. The van der Waals surface area contributed by atoms with E-state index in [1.54, 1.807) is 0 Å². The summed E-state index contributed by atoms with van der Waals surface area (Å²) in [5.74, 6) is -0.0313. The summed E-state index contributed by atoms with van der Waals surface area (Å²) in [5.41, 5.74) is 4.51. The molecule has 1 heterocycles. The molecule has 0 aliphatic rings. The van der Waals surface area contributed by atoms with Crippen molar-refractivity contribution in [2.75, 3.05) is 13.1 Å². The molecule has 1 aromatic heterocycles. The highest BCUT2D eigenvalue weighted by Gasteiger charge is 2.09. The van der Waals surface area contributed by atoms with Crippen molar-refractivity contribution in [3.63, 3.8) is 0 Å². The van der Waals surface area contributed by atoms with Gasteiger partial charge in [0.05, 0.1) is 0 Å². The molecule has 1 amide bonds. The highest BCUT2D eigenvalue weighted by Crippen LogP contribution is 2.29. The first-order chi connectivity index (χ1) is 13.8. The first kappa shape index (κ1) is 18.3. The fourth-order valence-electron chi connectivity index (χ4n) is 3.74. The number of fused-ring (bicyclic) bond motifs is 3. The highest BCUT2D eigenvalue weighted by molar-refractivity contribution is 6.08. The van der Waals surface area contributed by atoms with Crippen LogP contribution >= 0.6 is 0 Å². The highest BCUT2D eigenvalue weighted by atomic mass is 16.1. The fourth-order valence-corrected chi connectivity index (χ4v) is 3.74. The van der Waals surface area contributed by atoms with Crippen LogP contribution in [-0.2, 0) is 13.1 Å². The minimum absolute atomic E-state index is 0.0313. The lowest BCUT2D eigenvalue weighted by molar-refractivity contribution is 0.0954. The Balaban J connectivity index is 1.38. The van der Waals surface area contributed by atoms with Crippen molar-refractivity contribution < 1.29 is 4.79 Å². The van der Waals surface area contributed by atoms with Gasteiger partial charge in [-0.25, -0.2) is 0 Å². The number of aryl methyl sites for hydroxylation is 1. The van der Waals surface area contributed by atoms with Crippen molar-refractivity contribution in [3.8, 4) is 0 Å². The Labute approximate surface area is 165 Å². The molecule has 4 nitrogen and oxygen atoms in total. The second kappa shape index (κ2) is 8.28. The summed E-state index contributed by atoms with van der Waals surface area (Å²) in [6, 6.07) is 24.6. The van der Waals surface area contributed by atoms with Gasteiger partial charge in [-0.2, -0.15) is 0 Å². The number of hydrogen-bond acceptors (Lipinski definition) is 2. The van der Waals surface area contributed by atoms with Crippen molar-refractivity contribution in [1.82, 2.24) is 15.2 Å². The quantitative estimate of drug-likeness (QED) is 0.475. The molecule has 142 valence electrons. The van der Waals surface area contributed by atoms with Gasteiger partial charge in [-0.1, -0.05) is 42.5 Å². The minimum atomic E-state index is -0.0313. The molecule has 0 radical (unpaired) electrons.